The van der Waals surface area contributed by atoms with E-state index in [1.54, 1.807) is 5.48 Å². The number of fused-ring (bicyclic) bond motifs is 1. The molecular weight excluding hydrogens is 534 g/mol. The highest BCUT2D eigenvalue weighted by molar-refractivity contribution is 7.89. The van der Waals surface area contributed by atoms with Crippen LogP contribution in [-0.4, -0.2) is 43.6 Å². The van der Waals surface area contributed by atoms with E-state index < -0.39 is 51.6 Å². The molecule has 1 aliphatic carbocycles. The monoisotopic (exact) mass is 560 g/mol. The SMILES string of the molecule is O=C(NO)C1(NS(=O)(=O)c2ccc(OCc3ccc(F)cc3F)cc2)CC2OC(Cc3ccccc3)OC2C1. The van der Waals surface area contributed by atoms with E-state index in [0.29, 0.717) is 6.42 Å². The molecule has 0 radical (unpaired) electrons. The number of carbonyl (C=O) groups excluding carboxylic acids is 1. The molecule has 1 amide bonds. The van der Waals surface area contributed by atoms with Gasteiger partial charge < -0.3 is 14.2 Å². The van der Waals surface area contributed by atoms with Crippen molar-refractivity contribution in [2.24, 2.45) is 0 Å². The molecule has 2 atom stereocenters. The standard InChI is InChI=1S/C27H26F2N2O7S/c28-19-7-6-18(22(29)13-19)16-36-20-8-10-21(11-9-20)39(34,35)31-27(26(32)30-33)14-23-24(15-27)38-25(37-23)12-17-4-2-1-3-5-17/h1-11,13,23-25,31,33H,12,14-16H2,(H,30,32). The number of hydrogen-bond donors (Lipinski definition) is 3. The minimum absolute atomic E-state index is 0.0427. The van der Waals surface area contributed by atoms with Gasteiger partial charge in [0.15, 0.2) is 6.29 Å². The van der Waals surface area contributed by atoms with E-state index in [1.165, 1.54) is 30.3 Å². The lowest BCUT2D eigenvalue weighted by Gasteiger charge is -2.29. The van der Waals surface area contributed by atoms with Gasteiger partial charge in [-0.1, -0.05) is 30.3 Å². The van der Waals surface area contributed by atoms with Crippen LogP contribution in [0.25, 0.3) is 0 Å². The Morgan fingerprint density at radius 3 is 2.28 bits per heavy atom. The van der Waals surface area contributed by atoms with Crippen molar-refractivity contribution in [1.82, 2.24) is 10.2 Å². The molecule has 12 heteroatoms. The second kappa shape index (κ2) is 11.0. The normalized spacial score (nSPS) is 24.3. The Morgan fingerprint density at radius 2 is 1.67 bits per heavy atom. The van der Waals surface area contributed by atoms with Crippen molar-refractivity contribution in [3.05, 3.63) is 95.6 Å². The number of sulfonamides is 1. The van der Waals surface area contributed by atoms with Gasteiger partial charge >= 0.3 is 0 Å². The maximum absolute atomic E-state index is 13.8. The lowest BCUT2D eigenvalue weighted by molar-refractivity contribution is -0.138. The largest absolute Gasteiger partial charge is 0.489 e. The van der Waals surface area contributed by atoms with Crippen molar-refractivity contribution in [2.45, 2.75) is 54.8 Å². The van der Waals surface area contributed by atoms with Crippen molar-refractivity contribution in [1.29, 1.82) is 0 Å². The van der Waals surface area contributed by atoms with Crippen molar-refractivity contribution >= 4 is 15.9 Å². The molecule has 2 unspecified atom stereocenters. The summed E-state index contributed by atoms with van der Waals surface area (Å²) >= 11 is 0. The number of amides is 1. The highest BCUT2D eigenvalue weighted by Gasteiger charge is 2.57. The molecule has 3 aromatic rings. The number of carbonyl (C=O) groups is 1. The number of halogens is 2. The zero-order chi connectivity index (χ0) is 27.6. The Morgan fingerprint density at radius 1 is 1.00 bits per heavy atom. The molecule has 2 aliphatic rings. The molecule has 3 N–H and O–H groups in total. The van der Waals surface area contributed by atoms with Gasteiger partial charge in [-0.25, -0.2) is 22.7 Å². The first kappa shape index (κ1) is 27.2. The molecule has 9 nitrogen and oxygen atoms in total. The maximum Gasteiger partial charge on any atom is 0.264 e. The predicted octanol–water partition coefficient (Wildman–Crippen LogP) is 3.21. The quantitative estimate of drug-likeness (QED) is 0.271. The van der Waals surface area contributed by atoms with Crippen LogP contribution in [0.1, 0.15) is 24.0 Å². The first-order valence-electron chi connectivity index (χ1n) is 12.2. The minimum atomic E-state index is -4.24. The van der Waals surface area contributed by atoms with Crippen LogP contribution in [0.3, 0.4) is 0 Å². The number of rotatable bonds is 9. The van der Waals surface area contributed by atoms with E-state index in [1.807, 2.05) is 30.3 Å². The van der Waals surface area contributed by atoms with E-state index in [0.717, 1.165) is 17.7 Å². The van der Waals surface area contributed by atoms with Crippen molar-refractivity contribution in [3.63, 3.8) is 0 Å². The fourth-order valence-corrected chi connectivity index (χ4v) is 6.27. The predicted molar refractivity (Wildman–Crippen MR) is 133 cm³/mol. The van der Waals surface area contributed by atoms with Gasteiger partial charge in [0.2, 0.25) is 10.0 Å². The number of benzene rings is 3. The number of hydroxylamine groups is 1. The van der Waals surface area contributed by atoms with Crippen molar-refractivity contribution < 1.29 is 41.4 Å². The average molecular weight is 561 g/mol. The lowest BCUT2D eigenvalue weighted by Crippen LogP contribution is -2.57. The smallest absolute Gasteiger partial charge is 0.264 e. The second-order valence-corrected chi connectivity index (χ2v) is 11.2. The summed E-state index contributed by atoms with van der Waals surface area (Å²) < 4.78 is 73.2. The molecule has 2 fully saturated rings. The zero-order valence-corrected chi connectivity index (χ0v) is 21.4. The van der Waals surface area contributed by atoms with Crippen LogP contribution in [0.2, 0.25) is 0 Å². The molecule has 0 bridgehead atoms. The zero-order valence-electron chi connectivity index (χ0n) is 20.5. The van der Waals surface area contributed by atoms with Gasteiger partial charge in [0.25, 0.3) is 5.91 Å². The van der Waals surface area contributed by atoms with Crippen LogP contribution in [0.4, 0.5) is 8.78 Å². The topological polar surface area (TPSA) is 123 Å². The summed E-state index contributed by atoms with van der Waals surface area (Å²) in [6.07, 6.45) is -1.23. The Bertz CT molecular complexity index is 1420. The summed E-state index contributed by atoms with van der Waals surface area (Å²) in [6, 6.07) is 18.0. The Hall–Kier alpha value is -3.42. The van der Waals surface area contributed by atoms with Crippen LogP contribution in [0, 0.1) is 11.6 Å². The van der Waals surface area contributed by atoms with Crippen LogP contribution in [0.5, 0.6) is 5.75 Å². The molecule has 0 aromatic heterocycles. The summed E-state index contributed by atoms with van der Waals surface area (Å²) in [7, 11) is -4.24. The van der Waals surface area contributed by atoms with Gasteiger partial charge in [-0.3, -0.25) is 10.0 Å². The van der Waals surface area contributed by atoms with E-state index in [9.17, 15) is 27.2 Å². The number of nitrogens with one attached hydrogen (secondary N) is 2. The first-order valence-corrected chi connectivity index (χ1v) is 13.7. The Labute approximate surface area is 223 Å². The first-order chi connectivity index (χ1) is 18.7. The van der Waals surface area contributed by atoms with Gasteiger partial charge in [0, 0.05) is 30.9 Å². The third-order valence-electron chi connectivity index (χ3n) is 6.82. The molecule has 1 heterocycles. The maximum atomic E-state index is 13.8. The lowest BCUT2D eigenvalue weighted by atomic mass is 9.98. The van der Waals surface area contributed by atoms with Gasteiger partial charge in [0.05, 0.1) is 17.1 Å². The van der Waals surface area contributed by atoms with Crippen molar-refractivity contribution in [3.8, 4) is 5.75 Å². The third kappa shape index (κ3) is 5.94. The summed E-state index contributed by atoms with van der Waals surface area (Å²) in [5.41, 5.74) is 1.01. The summed E-state index contributed by atoms with van der Waals surface area (Å²) in [5, 5.41) is 9.38. The molecule has 1 saturated carbocycles. The van der Waals surface area contributed by atoms with E-state index in [2.05, 4.69) is 4.72 Å². The van der Waals surface area contributed by atoms with E-state index >= 15 is 0 Å². The second-order valence-electron chi connectivity index (χ2n) is 9.50. The molecule has 1 aliphatic heterocycles. The van der Waals surface area contributed by atoms with E-state index in [-0.39, 0.29) is 35.7 Å². The summed E-state index contributed by atoms with van der Waals surface area (Å²) in [4.78, 5) is 12.5. The highest BCUT2D eigenvalue weighted by Crippen LogP contribution is 2.41. The van der Waals surface area contributed by atoms with Crippen LogP contribution in [0.15, 0.2) is 77.7 Å². The Kier molecular flexibility index (Phi) is 7.65. The summed E-state index contributed by atoms with van der Waals surface area (Å²) in [5.74, 6) is -2.13. The molecule has 39 heavy (non-hydrogen) atoms. The Balaban J connectivity index is 1.24. The highest BCUT2D eigenvalue weighted by atomic mass is 32.2. The molecule has 0 spiro atoms. The van der Waals surface area contributed by atoms with Crippen LogP contribution >= 0.6 is 0 Å². The third-order valence-corrected chi connectivity index (χ3v) is 8.37. The van der Waals surface area contributed by atoms with E-state index in [4.69, 9.17) is 14.2 Å². The van der Waals surface area contributed by atoms with Crippen LogP contribution < -0.4 is 14.9 Å². The molecule has 5 rings (SSSR count). The fraction of sp³-hybridized carbons (Fsp3) is 0.296. The van der Waals surface area contributed by atoms with Gasteiger partial charge in [-0.05, 0) is 42.0 Å². The van der Waals surface area contributed by atoms with Crippen molar-refractivity contribution in [2.75, 3.05) is 0 Å². The molecule has 206 valence electrons. The minimum Gasteiger partial charge on any atom is -0.489 e. The summed E-state index contributed by atoms with van der Waals surface area (Å²) in [6.45, 7) is -0.190. The number of hydrogen-bond acceptors (Lipinski definition) is 7. The molecular formula is C27H26F2N2O7S. The number of ether oxygens (including phenoxy) is 3. The average Bonchev–Trinajstić information content (AvgIpc) is 3.44. The van der Waals surface area contributed by atoms with Gasteiger partial charge in [-0.2, -0.15) is 4.72 Å². The van der Waals surface area contributed by atoms with Gasteiger partial charge in [-0.15, -0.1) is 0 Å². The molecule has 1 saturated heterocycles. The molecule has 3 aromatic carbocycles. The fourth-order valence-electron chi connectivity index (χ4n) is 4.88. The van der Waals surface area contributed by atoms with Crippen LogP contribution in [-0.2, 0) is 37.3 Å². The van der Waals surface area contributed by atoms with Gasteiger partial charge in [0.1, 0.15) is 29.5 Å².